The standard InChI is InChI=1S/C27H49ClO4Si2/c1-17(2)33(18(3)4,19(5)6)31-16-15-23-13-14-24(28)25(27(29)30)26(23)32-34(20(7)8,21(9)10)22(11)12/h13-14,17-22H,15-16H2,1-12H3,(H,29,30). The van der Waals surface area contributed by atoms with Crippen molar-refractivity contribution < 1.29 is 18.8 Å². The van der Waals surface area contributed by atoms with Gasteiger partial charge in [-0.05, 0) is 51.3 Å². The molecule has 0 spiro atoms. The number of carbonyl (C=O) groups is 1. The molecule has 0 heterocycles. The highest BCUT2D eigenvalue weighted by Crippen LogP contribution is 2.46. The summed E-state index contributed by atoms with van der Waals surface area (Å²) in [5.74, 6) is -0.588. The monoisotopic (exact) mass is 528 g/mol. The number of carboxylic acid groups (broad SMARTS) is 1. The summed E-state index contributed by atoms with van der Waals surface area (Å²) in [7, 11) is -4.40. The van der Waals surface area contributed by atoms with Gasteiger partial charge in [-0.25, -0.2) is 4.79 Å². The molecule has 0 aromatic heterocycles. The van der Waals surface area contributed by atoms with Crippen molar-refractivity contribution >= 4 is 34.2 Å². The van der Waals surface area contributed by atoms with Crippen molar-refractivity contribution in [3.8, 4) is 5.75 Å². The lowest BCUT2D eigenvalue weighted by atomic mass is 10.1. The second-order valence-electron chi connectivity index (χ2n) is 11.6. The molecule has 34 heavy (non-hydrogen) atoms. The second-order valence-corrected chi connectivity index (χ2v) is 22.8. The van der Waals surface area contributed by atoms with E-state index in [0.29, 0.717) is 52.0 Å². The number of carboxylic acids is 1. The molecule has 4 nitrogen and oxygen atoms in total. The molecule has 0 aliphatic carbocycles. The average molecular weight is 529 g/mol. The normalized spacial score (nSPS) is 13.3. The van der Waals surface area contributed by atoms with Crippen LogP contribution in [0, 0.1) is 0 Å². The van der Waals surface area contributed by atoms with E-state index in [1.54, 1.807) is 6.07 Å². The first kappa shape index (κ1) is 31.2. The first-order valence-electron chi connectivity index (χ1n) is 12.9. The lowest BCUT2D eigenvalue weighted by Gasteiger charge is -2.43. The maximum Gasteiger partial charge on any atom is 0.340 e. The third-order valence-electron chi connectivity index (χ3n) is 7.82. The fourth-order valence-corrected chi connectivity index (χ4v) is 17.5. The van der Waals surface area contributed by atoms with Crippen LogP contribution in [0.4, 0.5) is 0 Å². The molecule has 0 amide bonds. The van der Waals surface area contributed by atoms with Crippen molar-refractivity contribution in [3.05, 3.63) is 28.3 Å². The fraction of sp³-hybridized carbons (Fsp3) is 0.741. The predicted octanol–water partition coefficient (Wildman–Crippen LogP) is 9.33. The van der Waals surface area contributed by atoms with Gasteiger partial charge in [0.05, 0.1) is 5.02 Å². The quantitative estimate of drug-likeness (QED) is 0.259. The Kier molecular flexibility index (Phi) is 11.4. The number of halogens is 1. The zero-order chi connectivity index (χ0) is 26.6. The Labute approximate surface area is 216 Å². The highest BCUT2D eigenvalue weighted by atomic mass is 35.5. The topological polar surface area (TPSA) is 55.8 Å². The number of hydrogen-bond donors (Lipinski definition) is 1. The first-order valence-corrected chi connectivity index (χ1v) is 17.6. The molecule has 0 radical (unpaired) electrons. The zero-order valence-corrected chi connectivity index (χ0v) is 26.3. The van der Waals surface area contributed by atoms with Crippen LogP contribution in [0.5, 0.6) is 5.75 Å². The van der Waals surface area contributed by atoms with Crippen molar-refractivity contribution in [2.24, 2.45) is 0 Å². The van der Waals surface area contributed by atoms with E-state index in [9.17, 15) is 9.90 Å². The maximum absolute atomic E-state index is 12.3. The Morgan fingerprint density at radius 1 is 0.794 bits per heavy atom. The van der Waals surface area contributed by atoms with E-state index >= 15 is 0 Å². The largest absolute Gasteiger partial charge is 0.542 e. The van der Waals surface area contributed by atoms with Gasteiger partial charge in [0.2, 0.25) is 0 Å². The van der Waals surface area contributed by atoms with Crippen LogP contribution in [0.25, 0.3) is 0 Å². The Balaban J connectivity index is 3.54. The van der Waals surface area contributed by atoms with E-state index < -0.39 is 22.6 Å². The number of benzene rings is 1. The lowest BCUT2D eigenvalue weighted by Crippen LogP contribution is -2.51. The number of hydrogen-bond acceptors (Lipinski definition) is 3. The van der Waals surface area contributed by atoms with Gasteiger partial charge in [0.15, 0.2) is 8.32 Å². The minimum Gasteiger partial charge on any atom is -0.542 e. The fourth-order valence-electron chi connectivity index (χ4n) is 6.48. The Morgan fingerprint density at radius 3 is 1.56 bits per heavy atom. The second kappa shape index (κ2) is 12.4. The molecule has 1 N–H and O–H groups in total. The van der Waals surface area contributed by atoms with Crippen molar-refractivity contribution in [1.29, 1.82) is 0 Å². The molecule has 0 saturated carbocycles. The van der Waals surface area contributed by atoms with E-state index in [1.165, 1.54) is 0 Å². The summed E-state index contributed by atoms with van der Waals surface area (Å²) in [6, 6.07) is 3.62. The Morgan fingerprint density at radius 2 is 1.21 bits per heavy atom. The van der Waals surface area contributed by atoms with Crippen LogP contribution in [0.3, 0.4) is 0 Å². The summed E-state index contributed by atoms with van der Waals surface area (Å²) >= 11 is 6.43. The molecule has 1 rings (SSSR count). The average Bonchev–Trinajstić information content (AvgIpc) is 2.68. The van der Waals surface area contributed by atoms with E-state index in [4.69, 9.17) is 20.5 Å². The summed E-state index contributed by atoms with van der Waals surface area (Å²) in [6.45, 7) is 27.4. The molecular formula is C27H49ClO4Si2. The summed E-state index contributed by atoms with van der Waals surface area (Å²) < 4.78 is 13.7. The van der Waals surface area contributed by atoms with Gasteiger partial charge in [-0.1, -0.05) is 101 Å². The van der Waals surface area contributed by atoms with Gasteiger partial charge in [0.25, 0.3) is 8.32 Å². The van der Waals surface area contributed by atoms with E-state index in [1.807, 2.05) is 6.07 Å². The highest BCUT2D eigenvalue weighted by molar-refractivity contribution is 6.78. The molecule has 0 fully saturated rings. The van der Waals surface area contributed by atoms with Gasteiger partial charge >= 0.3 is 5.97 Å². The van der Waals surface area contributed by atoms with Gasteiger partial charge in [0, 0.05) is 6.61 Å². The smallest absolute Gasteiger partial charge is 0.340 e. The summed E-state index contributed by atoms with van der Waals surface area (Å²) in [5, 5.41) is 10.3. The molecule has 196 valence electrons. The lowest BCUT2D eigenvalue weighted by molar-refractivity contribution is 0.0694. The van der Waals surface area contributed by atoms with Crippen LogP contribution in [0.1, 0.15) is 99.0 Å². The van der Waals surface area contributed by atoms with Gasteiger partial charge < -0.3 is 14.0 Å². The number of aromatic carboxylic acids is 1. The molecule has 0 aliphatic heterocycles. The molecule has 0 unspecified atom stereocenters. The summed E-state index contributed by atoms with van der Waals surface area (Å²) in [4.78, 5) is 12.3. The van der Waals surface area contributed by atoms with Gasteiger partial charge in [-0.15, -0.1) is 0 Å². The van der Waals surface area contributed by atoms with Crippen molar-refractivity contribution in [1.82, 2.24) is 0 Å². The van der Waals surface area contributed by atoms with Crippen LogP contribution in [0.2, 0.25) is 38.3 Å². The van der Waals surface area contributed by atoms with Crippen LogP contribution in [-0.4, -0.2) is 34.3 Å². The van der Waals surface area contributed by atoms with Crippen molar-refractivity contribution in [3.63, 3.8) is 0 Å². The predicted molar refractivity (Wildman–Crippen MR) is 151 cm³/mol. The van der Waals surface area contributed by atoms with Gasteiger partial charge in [-0.2, -0.15) is 0 Å². The van der Waals surface area contributed by atoms with Crippen LogP contribution < -0.4 is 4.43 Å². The highest BCUT2D eigenvalue weighted by Gasteiger charge is 2.48. The Bertz CT molecular complexity index is 776. The van der Waals surface area contributed by atoms with Crippen molar-refractivity contribution in [2.45, 2.75) is 123 Å². The molecule has 1 aromatic carbocycles. The molecule has 7 heteroatoms. The molecule has 0 bridgehead atoms. The number of rotatable bonds is 13. The van der Waals surface area contributed by atoms with Crippen LogP contribution >= 0.6 is 11.6 Å². The summed E-state index contributed by atoms with van der Waals surface area (Å²) in [5.41, 5.74) is 3.39. The minimum atomic E-state index is -2.38. The third-order valence-corrected chi connectivity index (χ3v) is 20.2. The molecule has 1 aromatic rings. The zero-order valence-electron chi connectivity index (χ0n) is 23.6. The summed E-state index contributed by atoms with van der Waals surface area (Å²) in [6.07, 6.45) is 0.604. The van der Waals surface area contributed by atoms with Crippen LogP contribution in [-0.2, 0) is 10.8 Å². The van der Waals surface area contributed by atoms with Crippen LogP contribution in [0.15, 0.2) is 12.1 Å². The SMILES string of the molecule is CC(C)[Si](OCCc1ccc(Cl)c(C(=O)O)c1O[Si](C(C)C)(C(C)C)C(C)C)(C(C)C)C(C)C. The van der Waals surface area contributed by atoms with E-state index in [2.05, 4.69) is 83.1 Å². The Hall–Kier alpha value is -0.826. The van der Waals surface area contributed by atoms with Gasteiger partial charge in [-0.3, -0.25) is 0 Å². The maximum atomic E-state index is 12.3. The van der Waals surface area contributed by atoms with Crippen molar-refractivity contribution in [2.75, 3.05) is 6.61 Å². The third kappa shape index (κ3) is 6.11. The first-order chi connectivity index (χ1) is 15.6. The minimum absolute atomic E-state index is 0.0816. The van der Waals surface area contributed by atoms with Gasteiger partial charge in [0.1, 0.15) is 11.3 Å². The molecule has 0 saturated heterocycles. The molecule has 0 atom stereocenters. The molecule has 0 aliphatic rings. The van der Waals surface area contributed by atoms with E-state index in [-0.39, 0.29) is 10.6 Å². The van der Waals surface area contributed by atoms with E-state index in [0.717, 1.165) is 5.56 Å². The molecular weight excluding hydrogens is 480 g/mol.